The predicted octanol–water partition coefficient (Wildman–Crippen LogP) is 2.73. The molecule has 3 heteroatoms. The molecule has 3 nitrogen and oxygen atoms in total. The van der Waals surface area contributed by atoms with Gasteiger partial charge in [0.15, 0.2) is 5.79 Å². The van der Waals surface area contributed by atoms with E-state index in [9.17, 15) is 4.79 Å². The molecule has 1 heterocycles. The highest BCUT2D eigenvalue weighted by molar-refractivity contribution is 5.60. The van der Waals surface area contributed by atoms with Crippen LogP contribution in [0, 0.1) is 5.41 Å². The number of aldehydes is 1. The first-order valence-corrected chi connectivity index (χ1v) is 7.04. The van der Waals surface area contributed by atoms with E-state index >= 15 is 0 Å². The van der Waals surface area contributed by atoms with Crippen molar-refractivity contribution in [1.29, 1.82) is 0 Å². The molecule has 3 rings (SSSR count). The zero-order valence-electron chi connectivity index (χ0n) is 11.1. The second-order valence-corrected chi connectivity index (χ2v) is 5.75. The molecule has 102 valence electrons. The molecule has 1 saturated carbocycles. The van der Waals surface area contributed by atoms with Gasteiger partial charge in [0.2, 0.25) is 0 Å². The smallest absolute Gasteiger partial charge is 0.168 e. The number of hydrogen-bond acceptors (Lipinski definition) is 3. The summed E-state index contributed by atoms with van der Waals surface area (Å²) in [5.74, 6) is -0.386. The number of benzene rings is 1. The van der Waals surface area contributed by atoms with Gasteiger partial charge in [-0.1, -0.05) is 30.3 Å². The molecule has 1 aliphatic heterocycles. The second-order valence-electron chi connectivity index (χ2n) is 5.75. The fourth-order valence-corrected chi connectivity index (χ4v) is 3.25. The van der Waals surface area contributed by atoms with Crippen LogP contribution in [-0.4, -0.2) is 25.3 Å². The van der Waals surface area contributed by atoms with Crippen LogP contribution in [0.5, 0.6) is 0 Å². The average Bonchev–Trinajstić information content (AvgIpc) is 2.92. The topological polar surface area (TPSA) is 35.5 Å². The maximum atomic E-state index is 11.6. The van der Waals surface area contributed by atoms with Gasteiger partial charge in [-0.2, -0.15) is 0 Å². The largest absolute Gasteiger partial charge is 0.348 e. The van der Waals surface area contributed by atoms with Crippen LogP contribution in [0.25, 0.3) is 0 Å². The van der Waals surface area contributed by atoms with Crippen LogP contribution in [0.15, 0.2) is 30.3 Å². The third kappa shape index (κ3) is 2.58. The van der Waals surface area contributed by atoms with Crippen LogP contribution in [0.3, 0.4) is 0 Å². The van der Waals surface area contributed by atoms with E-state index < -0.39 is 0 Å². The van der Waals surface area contributed by atoms with Gasteiger partial charge >= 0.3 is 0 Å². The molecule has 1 aromatic carbocycles. The molecule has 2 fully saturated rings. The molecule has 0 amide bonds. The summed E-state index contributed by atoms with van der Waals surface area (Å²) in [5.41, 5.74) is 1.00. The number of carbonyl (C=O) groups excluding carboxylic acids is 1. The maximum absolute atomic E-state index is 11.6. The highest BCUT2D eigenvalue weighted by atomic mass is 16.7. The Bertz CT molecular complexity index is 425. The lowest BCUT2D eigenvalue weighted by atomic mass is 9.69. The van der Waals surface area contributed by atoms with Crippen molar-refractivity contribution in [3.05, 3.63) is 35.9 Å². The molecule has 0 atom stereocenters. The molecule has 0 bridgehead atoms. The molecular weight excluding hydrogens is 240 g/mol. The van der Waals surface area contributed by atoms with Crippen molar-refractivity contribution in [3.63, 3.8) is 0 Å². The lowest BCUT2D eigenvalue weighted by molar-refractivity contribution is -0.190. The summed E-state index contributed by atoms with van der Waals surface area (Å²) < 4.78 is 11.5. The Morgan fingerprint density at radius 1 is 1.00 bits per heavy atom. The van der Waals surface area contributed by atoms with Gasteiger partial charge < -0.3 is 14.3 Å². The molecular formula is C16H20O3. The van der Waals surface area contributed by atoms with Gasteiger partial charge in [-0.25, -0.2) is 0 Å². The number of carbonyl (C=O) groups is 1. The SMILES string of the molecule is O=CC1(Cc2ccccc2)CCC2(CC1)OCCO2. The predicted molar refractivity (Wildman–Crippen MR) is 71.7 cm³/mol. The number of rotatable bonds is 3. The average molecular weight is 260 g/mol. The molecule has 0 unspecified atom stereocenters. The summed E-state index contributed by atoms with van der Waals surface area (Å²) in [4.78, 5) is 11.6. The lowest BCUT2D eigenvalue weighted by Gasteiger charge is -2.40. The monoisotopic (exact) mass is 260 g/mol. The fraction of sp³-hybridized carbons (Fsp3) is 0.562. The zero-order valence-corrected chi connectivity index (χ0v) is 11.1. The van der Waals surface area contributed by atoms with E-state index in [4.69, 9.17) is 9.47 Å². The van der Waals surface area contributed by atoms with Crippen molar-refractivity contribution in [3.8, 4) is 0 Å². The van der Waals surface area contributed by atoms with Crippen LogP contribution in [0.2, 0.25) is 0 Å². The van der Waals surface area contributed by atoms with Gasteiger partial charge in [0.1, 0.15) is 6.29 Å². The summed E-state index contributed by atoms with van der Waals surface area (Å²) in [5, 5.41) is 0. The third-order valence-electron chi connectivity index (χ3n) is 4.47. The summed E-state index contributed by atoms with van der Waals surface area (Å²) in [6.45, 7) is 1.37. The minimum absolute atomic E-state index is 0.234. The molecule has 2 aliphatic rings. The Hall–Kier alpha value is -1.19. The van der Waals surface area contributed by atoms with Crippen molar-refractivity contribution in [2.24, 2.45) is 5.41 Å². The molecule has 1 aliphatic carbocycles. The van der Waals surface area contributed by atoms with Gasteiger partial charge in [-0.15, -0.1) is 0 Å². The Morgan fingerprint density at radius 3 is 2.21 bits per heavy atom. The summed E-state index contributed by atoms with van der Waals surface area (Å²) in [6, 6.07) is 10.3. The first-order valence-electron chi connectivity index (χ1n) is 7.04. The standard InChI is InChI=1S/C16H20O3/c17-13-15(12-14-4-2-1-3-5-14)6-8-16(9-7-15)18-10-11-19-16/h1-5,13H,6-12H2. The van der Waals surface area contributed by atoms with Crippen molar-refractivity contribution in [2.75, 3.05) is 13.2 Å². The van der Waals surface area contributed by atoms with E-state index in [0.717, 1.165) is 38.4 Å². The molecule has 1 saturated heterocycles. The van der Waals surface area contributed by atoms with E-state index in [1.54, 1.807) is 0 Å². The van der Waals surface area contributed by atoms with E-state index in [1.165, 1.54) is 5.56 Å². The minimum Gasteiger partial charge on any atom is -0.348 e. The van der Waals surface area contributed by atoms with Crippen LogP contribution >= 0.6 is 0 Å². The number of ether oxygens (including phenoxy) is 2. The molecule has 1 aromatic rings. The Labute approximate surface area is 113 Å². The second kappa shape index (κ2) is 5.06. The van der Waals surface area contributed by atoms with Gasteiger partial charge in [0, 0.05) is 18.3 Å². The van der Waals surface area contributed by atoms with Crippen molar-refractivity contribution >= 4 is 6.29 Å². The van der Waals surface area contributed by atoms with Crippen LogP contribution < -0.4 is 0 Å². The van der Waals surface area contributed by atoms with Gasteiger partial charge in [-0.05, 0) is 24.8 Å². The van der Waals surface area contributed by atoms with Gasteiger partial charge in [0.05, 0.1) is 13.2 Å². The van der Waals surface area contributed by atoms with E-state index in [-0.39, 0.29) is 11.2 Å². The normalized spacial score (nSPS) is 24.4. The zero-order chi connectivity index (χ0) is 13.2. The lowest BCUT2D eigenvalue weighted by Crippen LogP contribution is -2.41. The first kappa shape index (κ1) is 12.8. The Balaban J connectivity index is 1.70. The molecule has 0 aromatic heterocycles. The summed E-state index contributed by atoms with van der Waals surface area (Å²) >= 11 is 0. The van der Waals surface area contributed by atoms with Crippen molar-refractivity contribution < 1.29 is 14.3 Å². The molecule has 0 N–H and O–H groups in total. The third-order valence-corrected chi connectivity index (χ3v) is 4.47. The fourth-order valence-electron chi connectivity index (χ4n) is 3.25. The highest BCUT2D eigenvalue weighted by Gasteiger charge is 2.46. The quantitative estimate of drug-likeness (QED) is 0.784. The molecule has 0 radical (unpaired) electrons. The first-order chi connectivity index (χ1) is 9.26. The van der Waals surface area contributed by atoms with E-state index in [0.29, 0.717) is 13.2 Å². The molecule has 19 heavy (non-hydrogen) atoms. The number of hydrogen-bond donors (Lipinski definition) is 0. The summed E-state index contributed by atoms with van der Waals surface area (Å²) in [6.07, 6.45) is 5.35. The Kier molecular flexibility index (Phi) is 3.42. The highest BCUT2D eigenvalue weighted by Crippen LogP contribution is 2.45. The van der Waals surface area contributed by atoms with Gasteiger partial charge in [0.25, 0.3) is 0 Å². The van der Waals surface area contributed by atoms with E-state index in [2.05, 4.69) is 12.1 Å². The maximum Gasteiger partial charge on any atom is 0.168 e. The summed E-state index contributed by atoms with van der Waals surface area (Å²) in [7, 11) is 0. The van der Waals surface area contributed by atoms with E-state index in [1.807, 2.05) is 18.2 Å². The van der Waals surface area contributed by atoms with Crippen molar-refractivity contribution in [2.45, 2.75) is 37.9 Å². The molecule has 1 spiro atoms. The van der Waals surface area contributed by atoms with Crippen LogP contribution in [0.1, 0.15) is 31.2 Å². The van der Waals surface area contributed by atoms with Crippen LogP contribution in [-0.2, 0) is 20.7 Å². The van der Waals surface area contributed by atoms with Crippen LogP contribution in [0.4, 0.5) is 0 Å². The Morgan fingerprint density at radius 2 is 1.63 bits per heavy atom. The minimum atomic E-state index is -0.386. The van der Waals surface area contributed by atoms with Gasteiger partial charge in [-0.3, -0.25) is 0 Å². The van der Waals surface area contributed by atoms with Crippen molar-refractivity contribution in [1.82, 2.24) is 0 Å².